The minimum atomic E-state index is -0.527. The van der Waals surface area contributed by atoms with Gasteiger partial charge < -0.3 is 19.5 Å². The van der Waals surface area contributed by atoms with E-state index in [-0.39, 0.29) is 24.8 Å². The Hall–Kier alpha value is -3.39. The molecule has 9 heteroatoms. The number of benzene rings is 2. The highest BCUT2D eigenvalue weighted by Crippen LogP contribution is 2.36. The molecule has 8 nitrogen and oxygen atoms in total. The van der Waals surface area contributed by atoms with Crippen LogP contribution < -0.4 is 15.0 Å². The summed E-state index contributed by atoms with van der Waals surface area (Å²) in [6.07, 6.45) is 0.0883. The lowest BCUT2D eigenvalue weighted by Crippen LogP contribution is -2.28. The van der Waals surface area contributed by atoms with Gasteiger partial charge >= 0.3 is 0 Å². The molecule has 1 fully saturated rings. The lowest BCUT2D eigenvalue weighted by Gasteiger charge is -2.20. The van der Waals surface area contributed by atoms with Gasteiger partial charge in [-0.15, -0.1) is 0 Å². The van der Waals surface area contributed by atoms with Gasteiger partial charge in [-0.05, 0) is 30.3 Å². The largest absolute Gasteiger partial charge is 0.495 e. The number of carbonyl (C=O) groups excluding carboxylic acids is 2. The number of hydrogen-bond acceptors (Lipinski definition) is 6. The molecule has 2 heterocycles. The van der Waals surface area contributed by atoms with Gasteiger partial charge in [-0.1, -0.05) is 28.9 Å². The predicted octanol–water partition coefficient (Wildman–Crippen LogP) is 3.70. The zero-order chi connectivity index (χ0) is 21.3. The van der Waals surface area contributed by atoms with Crippen molar-refractivity contribution in [1.82, 2.24) is 10.1 Å². The number of nitrogens with one attached hydrogen (secondary N) is 1. The van der Waals surface area contributed by atoms with Crippen molar-refractivity contribution in [2.75, 3.05) is 23.9 Å². The van der Waals surface area contributed by atoms with Crippen LogP contribution in [0.3, 0.4) is 0 Å². The standard InChI is InChI=1S/C21H19ClN4O4/c1-12-23-20(25-30-12)15-5-3-4-6-16(15)24-21(28)13-9-19(27)26(11-13)17-10-14(22)7-8-18(17)29-2/h3-8,10,13H,9,11H2,1-2H3,(H,24,28). The molecule has 1 aliphatic rings. The van der Waals surface area contributed by atoms with Gasteiger partial charge in [0.25, 0.3) is 0 Å². The lowest BCUT2D eigenvalue weighted by atomic mass is 10.1. The first-order valence-electron chi connectivity index (χ1n) is 9.30. The average molecular weight is 427 g/mol. The van der Waals surface area contributed by atoms with Crippen molar-refractivity contribution in [3.8, 4) is 17.1 Å². The quantitative estimate of drug-likeness (QED) is 0.668. The summed E-state index contributed by atoms with van der Waals surface area (Å²) in [6, 6.07) is 12.2. The fraction of sp³-hybridized carbons (Fsp3) is 0.238. The first-order chi connectivity index (χ1) is 14.5. The monoisotopic (exact) mass is 426 g/mol. The minimum absolute atomic E-state index is 0.0883. The molecule has 2 amide bonds. The molecule has 1 N–H and O–H groups in total. The molecule has 0 bridgehead atoms. The number of ether oxygens (including phenoxy) is 1. The Morgan fingerprint density at radius 2 is 2.10 bits per heavy atom. The first-order valence-corrected chi connectivity index (χ1v) is 9.68. The van der Waals surface area contributed by atoms with Gasteiger partial charge in [0.1, 0.15) is 5.75 Å². The maximum absolute atomic E-state index is 12.9. The van der Waals surface area contributed by atoms with Crippen LogP contribution in [0, 0.1) is 12.8 Å². The molecular weight excluding hydrogens is 408 g/mol. The summed E-state index contributed by atoms with van der Waals surface area (Å²) in [7, 11) is 1.52. The minimum Gasteiger partial charge on any atom is -0.495 e. The topological polar surface area (TPSA) is 97.6 Å². The molecule has 154 valence electrons. The second-order valence-corrected chi connectivity index (χ2v) is 7.33. The fourth-order valence-corrected chi connectivity index (χ4v) is 3.59. The molecule has 0 saturated carbocycles. The summed E-state index contributed by atoms with van der Waals surface area (Å²) >= 11 is 6.09. The van der Waals surface area contributed by atoms with E-state index < -0.39 is 5.92 Å². The Morgan fingerprint density at radius 1 is 1.30 bits per heavy atom. The normalized spacial score (nSPS) is 16.0. The van der Waals surface area contributed by atoms with Crippen LogP contribution in [-0.2, 0) is 9.59 Å². The smallest absolute Gasteiger partial charge is 0.229 e. The highest BCUT2D eigenvalue weighted by atomic mass is 35.5. The van der Waals surface area contributed by atoms with Crippen LogP contribution in [-0.4, -0.2) is 35.6 Å². The molecule has 1 unspecified atom stereocenters. The number of halogens is 1. The summed E-state index contributed by atoms with van der Waals surface area (Å²) in [6.45, 7) is 1.92. The predicted molar refractivity (Wildman–Crippen MR) is 112 cm³/mol. The molecule has 4 rings (SSSR count). The third-order valence-electron chi connectivity index (χ3n) is 4.88. The summed E-state index contributed by atoms with van der Waals surface area (Å²) in [5.41, 5.74) is 1.74. The van der Waals surface area contributed by atoms with E-state index in [1.807, 2.05) is 6.07 Å². The van der Waals surface area contributed by atoms with Crippen LogP contribution in [0.25, 0.3) is 11.4 Å². The van der Waals surface area contributed by atoms with Crippen molar-refractivity contribution in [3.05, 3.63) is 53.4 Å². The molecule has 0 aliphatic carbocycles. The first kappa shape index (κ1) is 19.9. The van der Waals surface area contributed by atoms with Crippen LogP contribution in [0.15, 0.2) is 47.0 Å². The Bertz CT molecular complexity index is 1110. The van der Waals surface area contributed by atoms with E-state index in [9.17, 15) is 9.59 Å². The molecule has 0 spiro atoms. The van der Waals surface area contributed by atoms with E-state index in [2.05, 4.69) is 15.5 Å². The molecule has 0 radical (unpaired) electrons. The summed E-state index contributed by atoms with van der Waals surface area (Å²) in [5.74, 6) is 0.375. The van der Waals surface area contributed by atoms with Crippen molar-refractivity contribution in [1.29, 1.82) is 0 Å². The molecule has 1 saturated heterocycles. The second-order valence-electron chi connectivity index (χ2n) is 6.89. The van der Waals surface area contributed by atoms with E-state index in [1.54, 1.807) is 43.3 Å². The summed E-state index contributed by atoms with van der Waals surface area (Å²) < 4.78 is 10.4. The third-order valence-corrected chi connectivity index (χ3v) is 5.12. The number of carbonyl (C=O) groups is 2. The van der Waals surface area contributed by atoms with E-state index >= 15 is 0 Å². The number of anilines is 2. The highest BCUT2D eigenvalue weighted by Gasteiger charge is 2.36. The summed E-state index contributed by atoms with van der Waals surface area (Å²) in [4.78, 5) is 31.3. The Kier molecular flexibility index (Phi) is 5.41. The third kappa shape index (κ3) is 3.86. The molecule has 2 aromatic carbocycles. The number of nitrogens with zero attached hydrogens (tertiary/aromatic N) is 3. The number of hydrogen-bond donors (Lipinski definition) is 1. The van der Waals surface area contributed by atoms with Crippen molar-refractivity contribution < 1.29 is 18.8 Å². The van der Waals surface area contributed by atoms with Gasteiger partial charge in [0.15, 0.2) is 0 Å². The lowest BCUT2D eigenvalue weighted by molar-refractivity contribution is -0.122. The Balaban J connectivity index is 1.54. The van der Waals surface area contributed by atoms with Crippen LogP contribution >= 0.6 is 11.6 Å². The molecule has 1 atom stereocenters. The van der Waals surface area contributed by atoms with Crippen LogP contribution in [0.5, 0.6) is 5.75 Å². The zero-order valence-electron chi connectivity index (χ0n) is 16.4. The zero-order valence-corrected chi connectivity index (χ0v) is 17.1. The average Bonchev–Trinajstić information content (AvgIpc) is 3.34. The van der Waals surface area contributed by atoms with E-state index in [4.69, 9.17) is 20.9 Å². The van der Waals surface area contributed by atoms with E-state index in [0.29, 0.717) is 39.4 Å². The number of rotatable bonds is 5. The van der Waals surface area contributed by atoms with E-state index in [0.717, 1.165) is 0 Å². The van der Waals surface area contributed by atoms with Gasteiger partial charge in [-0.25, -0.2) is 0 Å². The van der Waals surface area contributed by atoms with Crippen LogP contribution in [0.4, 0.5) is 11.4 Å². The molecule has 30 heavy (non-hydrogen) atoms. The second kappa shape index (κ2) is 8.16. The Morgan fingerprint density at radius 3 is 2.83 bits per heavy atom. The number of aromatic nitrogens is 2. The van der Waals surface area contributed by atoms with Crippen LogP contribution in [0.2, 0.25) is 5.02 Å². The maximum atomic E-state index is 12.9. The van der Waals surface area contributed by atoms with Gasteiger partial charge in [0.05, 0.1) is 24.4 Å². The summed E-state index contributed by atoms with van der Waals surface area (Å²) in [5, 5.41) is 7.29. The van der Waals surface area contributed by atoms with Gasteiger partial charge in [-0.2, -0.15) is 4.98 Å². The highest BCUT2D eigenvalue weighted by molar-refractivity contribution is 6.31. The molecule has 3 aromatic rings. The SMILES string of the molecule is COc1ccc(Cl)cc1N1CC(C(=O)Nc2ccccc2-c2noc(C)n2)CC1=O. The number of methoxy groups -OCH3 is 1. The van der Waals surface area contributed by atoms with Gasteiger partial charge in [0, 0.05) is 30.5 Å². The fourth-order valence-electron chi connectivity index (χ4n) is 3.42. The van der Waals surface area contributed by atoms with E-state index in [1.165, 1.54) is 12.0 Å². The maximum Gasteiger partial charge on any atom is 0.229 e. The van der Waals surface area contributed by atoms with Crippen LogP contribution in [0.1, 0.15) is 12.3 Å². The molecule has 1 aromatic heterocycles. The van der Waals surface area contributed by atoms with Crippen molar-refractivity contribution in [2.45, 2.75) is 13.3 Å². The van der Waals surface area contributed by atoms with Gasteiger partial charge in [0.2, 0.25) is 23.5 Å². The molecular formula is C21H19ClN4O4. The van der Waals surface area contributed by atoms with Crippen molar-refractivity contribution in [3.63, 3.8) is 0 Å². The van der Waals surface area contributed by atoms with Crippen molar-refractivity contribution in [2.24, 2.45) is 5.92 Å². The number of para-hydroxylation sites is 1. The molecule has 1 aliphatic heterocycles. The van der Waals surface area contributed by atoms with Gasteiger partial charge in [-0.3, -0.25) is 9.59 Å². The number of amides is 2. The Labute approximate surface area is 177 Å². The number of aryl methyl sites for hydroxylation is 1. The van der Waals surface area contributed by atoms with Crippen molar-refractivity contribution >= 4 is 34.8 Å².